The lowest BCUT2D eigenvalue weighted by atomic mass is 9.98. The number of carbonyl (C=O) groups excluding carboxylic acids is 1. The van der Waals surface area contributed by atoms with E-state index in [2.05, 4.69) is 19.1 Å². The first-order chi connectivity index (χ1) is 15.7. The van der Waals surface area contributed by atoms with Crippen LogP contribution in [0, 0.1) is 0 Å². The zero-order valence-electron chi connectivity index (χ0n) is 16.7. The minimum Gasteiger partial charge on any atom is -0.374 e. The second kappa shape index (κ2) is 8.58. The highest BCUT2D eigenvalue weighted by Gasteiger charge is 2.48. The van der Waals surface area contributed by atoms with Gasteiger partial charge in [-0.15, -0.1) is 0 Å². The number of fused-ring (bicyclic) bond motifs is 1. The molecule has 0 aliphatic rings. The maximum absolute atomic E-state index is 12.7. The van der Waals surface area contributed by atoms with Crippen molar-refractivity contribution < 1.29 is 30.6 Å². The van der Waals surface area contributed by atoms with Crippen molar-refractivity contribution in [3.05, 3.63) is 84.6 Å². The maximum Gasteiger partial charge on any atom is 0.534 e. The lowest BCUT2D eigenvalue weighted by molar-refractivity contribution is -0.0499. The van der Waals surface area contributed by atoms with Gasteiger partial charge in [-0.05, 0) is 35.4 Å². The molecule has 11 heteroatoms. The Hall–Kier alpha value is -3.86. The normalized spacial score (nSPS) is 12.0. The van der Waals surface area contributed by atoms with Crippen molar-refractivity contribution in [2.75, 3.05) is 0 Å². The van der Waals surface area contributed by atoms with Crippen LogP contribution in [0.3, 0.4) is 0 Å². The summed E-state index contributed by atoms with van der Waals surface area (Å²) in [5.41, 5.74) is -3.45. The van der Waals surface area contributed by atoms with Crippen molar-refractivity contribution in [1.29, 1.82) is 0 Å². The summed E-state index contributed by atoms with van der Waals surface area (Å²) in [5.74, 6) is -0.704. The van der Waals surface area contributed by atoms with Crippen molar-refractivity contribution in [1.82, 2.24) is 15.0 Å². The van der Waals surface area contributed by atoms with E-state index in [9.17, 15) is 26.4 Å². The minimum absolute atomic E-state index is 0.106. The van der Waals surface area contributed by atoms with Crippen LogP contribution in [0.15, 0.2) is 73.3 Å². The molecule has 2 heterocycles. The zero-order valence-corrected chi connectivity index (χ0v) is 17.5. The fraction of sp³-hybridized carbons (Fsp3) is 0.0909. The third-order valence-corrected chi connectivity index (χ3v) is 5.67. The summed E-state index contributed by atoms with van der Waals surface area (Å²) in [6.45, 7) is 0. The fourth-order valence-electron chi connectivity index (χ4n) is 3.14. The van der Waals surface area contributed by atoms with Gasteiger partial charge in [0.2, 0.25) is 0 Å². The molecule has 7 nitrogen and oxygen atoms in total. The Bertz CT molecular complexity index is 1430. The molecule has 0 saturated heterocycles. The quantitative estimate of drug-likeness (QED) is 0.233. The van der Waals surface area contributed by atoms with Crippen molar-refractivity contribution in [2.45, 2.75) is 11.9 Å². The third-order valence-electron chi connectivity index (χ3n) is 4.71. The molecule has 4 aromatic rings. The number of hydrogen-bond acceptors (Lipinski definition) is 7. The Kier molecular flexibility index (Phi) is 5.81. The SMILES string of the molecule is O=C(Cc1ccccn1)c1ccc(-c2ccc(OS(=O)(=O)C(F)(F)F)c3ncncc23)cc1. The number of pyridine rings is 1. The van der Waals surface area contributed by atoms with Crippen molar-refractivity contribution in [2.24, 2.45) is 0 Å². The highest BCUT2D eigenvalue weighted by molar-refractivity contribution is 7.88. The molecule has 0 amide bonds. The van der Waals surface area contributed by atoms with Crippen LogP contribution in [-0.4, -0.2) is 34.7 Å². The van der Waals surface area contributed by atoms with E-state index in [4.69, 9.17) is 0 Å². The summed E-state index contributed by atoms with van der Waals surface area (Å²) in [7, 11) is -5.86. The molecule has 0 spiro atoms. The number of benzene rings is 2. The zero-order chi connectivity index (χ0) is 23.6. The van der Waals surface area contributed by atoms with Crippen molar-refractivity contribution in [3.8, 4) is 16.9 Å². The number of rotatable bonds is 6. The molecule has 0 fully saturated rings. The molecule has 0 saturated carbocycles. The van der Waals surface area contributed by atoms with Gasteiger partial charge in [-0.2, -0.15) is 21.6 Å². The molecule has 0 unspecified atom stereocenters. The summed E-state index contributed by atoms with van der Waals surface area (Å²) in [4.78, 5) is 24.4. The van der Waals surface area contributed by atoms with Gasteiger partial charge in [-0.1, -0.05) is 30.3 Å². The molecular formula is C22H14F3N3O4S. The van der Waals surface area contributed by atoms with Gasteiger partial charge in [-0.25, -0.2) is 9.97 Å². The van der Waals surface area contributed by atoms with Crippen LogP contribution in [0.1, 0.15) is 16.1 Å². The van der Waals surface area contributed by atoms with Gasteiger partial charge in [0.25, 0.3) is 0 Å². The molecule has 0 atom stereocenters. The first-order valence-corrected chi connectivity index (χ1v) is 10.8. The molecule has 2 aromatic carbocycles. The second-order valence-corrected chi connectivity index (χ2v) is 8.42. The Morgan fingerprint density at radius 1 is 0.970 bits per heavy atom. The van der Waals surface area contributed by atoms with E-state index in [1.807, 2.05) is 0 Å². The summed E-state index contributed by atoms with van der Waals surface area (Å²) in [6.07, 6.45) is 4.15. The van der Waals surface area contributed by atoms with Crippen molar-refractivity contribution in [3.63, 3.8) is 0 Å². The summed E-state index contributed by atoms with van der Waals surface area (Å²) < 4.78 is 65.3. The highest BCUT2D eigenvalue weighted by Crippen LogP contribution is 2.35. The summed E-state index contributed by atoms with van der Waals surface area (Å²) in [5, 5.41) is 0.278. The lowest BCUT2D eigenvalue weighted by Crippen LogP contribution is -2.28. The molecule has 168 valence electrons. The van der Waals surface area contributed by atoms with Crippen LogP contribution in [0.4, 0.5) is 13.2 Å². The molecule has 0 N–H and O–H groups in total. The van der Waals surface area contributed by atoms with Crippen LogP contribution in [0.5, 0.6) is 5.75 Å². The van der Waals surface area contributed by atoms with Gasteiger partial charge >= 0.3 is 15.6 Å². The lowest BCUT2D eigenvalue weighted by Gasteiger charge is -2.13. The van der Waals surface area contributed by atoms with Crippen LogP contribution < -0.4 is 4.18 Å². The Morgan fingerprint density at radius 3 is 2.39 bits per heavy atom. The van der Waals surface area contributed by atoms with Gasteiger partial charge in [0.15, 0.2) is 11.5 Å². The van der Waals surface area contributed by atoms with Gasteiger partial charge in [0, 0.05) is 29.0 Å². The topological polar surface area (TPSA) is 99.1 Å². The number of nitrogens with zero attached hydrogens (tertiary/aromatic N) is 3. The number of ketones is 1. The average molecular weight is 473 g/mol. The monoisotopic (exact) mass is 473 g/mol. The Morgan fingerprint density at radius 2 is 1.73 bits per heavy atom. The molecule has 2 aromatic heterocycles. The first-order valence-electron chi connectivity index (χ1n) is 9.43. The number of aromatic nitrogens is 3. The standard InChI is InChI=1S/C22H14F3N3O4S/c23-22(24,25)33(30,31)32-20-9-8-17(18-12-26-13-28-21(18)20)14-4-6-15(7-5-14)19(29)11-16-3-1-2-10-27-16/h1-10,12-13H,11H2. The van der Waals surface area contributed by atoms with E-state index in [1.165, 1.54) is 12.3 Å². The molecule has 33 heavy (non-hydrogen) atoms. The van der Waals surface area contributed by atoms with E-state index in [0.717, 1.165) is 12.4 Å². The van der Waals surface area contributed by atoms with Gasteiger partial charge in [-0.3, -0.25) is 9.78 Å². The number of carbonyl (C=O) groups is 1. The van der Waals surface area contributed by atoms with Crippen LogP contribution in [0.25, 0.3) is 22.0 Å². The van der Waals surface area contributed by atoms with E-state index in [-0.39, 0.29) is 23.1 Å². The van der Waals surface area contributed by atoms with Gasteiger partial charge in [0.05, 0.1) is 6.42 Å². The van der Waals surface area contributed by atoms with E-state index >= 15 is 0 Å². The number of Topliss-reactive ketones (excluding diaryl/α,β-unsaturated/α-hetero) is 1. The smallest absolute Gasteiger partial charge is 0.374 e. The highest BCUT2D eigenvalue weighted by atomic mass is 32.2. The first kappa shape index (κ1) is 22.3. The Balaban J connectivity index is 1.66. The average Bonchev–Trinajstić information content (AvgIpc) is 2.79. The number of hydrogen-bond donors (Lipinski definition) is 0. The third kappa shape index (κ3) is 4.67. The summed E-state index contributed by atoms with van der Waals surface area (Å²) >= 11 is 0. The van der Waals surface area contributed by atoms with Crippen LogP contribution >= 0.6 is 0 Å². The predicted octanol–water partition coefficient (Wildman–Crippen LogP) is 4.35. The molecule has 0 aliphatic carbocycles. The van der Waals surface area contributed by atoms with Crippen LogP contribution in [-0.2, 0) is 16.5 Å². The van der Waals surface area contributed by atoms with E-state index in [1.54, 1.807) is 48.7 Å². The number of halogens is 3. The Labute approximate surface area is 186 Å². The molecular weight excluding hydrogens is 459 g/mol. The second-order valence-electron chi connectivity index (χ2n) is 6.88. The molecule has 0 bridgehead atoms. The molecule has 0 radical (unpaired) electrons. The maximum atomic E-state index is 12.7. The molecule has 4 rings (SSSR count). The minimum atomic E-state index is -5.86. The van der Waals surface area contributed by atoms with E-state index in [0.29, 0.717) is 22.4 Å². The number of alkyl halides is 3. The largest absolute Gasteiger partial charge is 0.534 e. The fourth-order valence-corrected chi connectivity index (χ4v) is 3.61. The molecule has 0 aliphatic heterocycles. The van der Waals surface area contributed by atoms with Crippen LogP contribution in [0.2, 0.25) is 0 Å². The summed E-state index contributed by atoms with van der Waals surface area (Å²) in [6, 6.07) is 14.4. The predicted molar refractivity (Wildman–Crippen MR) is 113 cm³/mol. The van der Waals surface area contributed by atoms with Gasteiger partial charge < -0.3 is 4.18 Å². The van der Waals surface area contributed by atoms with Crippen molar-refractivity contribution >= 4 is 26.8 Å². The van der Waals surface area contributed by atoms with E-state index < -0.39 is 21.4 Å². The van der Waals surface area contributed by atoms with Gasteiger partial charge in [0.1, 0.15) is 11.8 Å².